The molecule has 6 nitrogen and oxygen atoms in total. The Morgan fingerprint density at radius 3 is 2.27 bits per heavy atom. The number of ketones is 2. The van der Waals surface area contributed by atoms with E-state index in [0.29, 0.717) is 29.2 Å². The van der Waals surface area contributed by atoms with Crippen LogP contribution in [0.4, 0.5) is 0 Å². The Morgan fingerprint density at radius 2 is 1.55 bits per heavy atom. The molecule has 0 saturated heterocycles. The quantitative estimate of drug-likeness (QED) is 0.538. The van der Waals surface area contributed by atoms with E-state index in [-0.39, 0.29) is 29.1 Å². The Morgan fingerprint density at radius 1 is 0.848 bits per heavy atom. The second-order valence-electron chi connectivity index (χ2n) is 7.86. The molecule has 2 aliphatic rings. The van der Waals surface area contributed by atoms with E-state index in [1.807, 2.05) is 30.3 Å². The summed E-state index contributed by atoms with van der Waals surface area (Å²) in [5.74, 6) is -1.10. The van der Waals surface area contributed by atoms with Crippen molar-refractivity contribution in [2.24, 2.45) is 0 Å². The topological polar surface area (TPSA) is 78.9 Å². The van der Waals surface area contributed by atoms with Gasteiger partial charge >= 0.3 is 5.97 Å². The highest BCUT2D eigenvalue weighted by Crippen LogP contribution is 2.43. The van der Waals surface area contributed by atoms with E-state index in [0.717, 1.165) is 5.56 Å². The number of fused-ring (bicyclic) bond motifs is 1. The molecule has 0 amide bonds. The summed E-state index contributed by atoms with van der Waals surface area (Å²) in [4.78, 5) is 38.7. The van der Waals surface area contributed by atoms with E-state index < -0.39 is 17.7 Å². The summed E-state index contributed by atoms with van der Waals surface area (Å²) in [6.45, 7) is 0.366. The third kappa shape index (κ3) is 3.69. The molecule has 0 bridgehead atoms. The van der Waals surface area contributed by atoms with Gasteiger partial charge in [-0.15, -0.1) is 0 Å². The molecule has 164 valence electrons. The third-order valence-electron chi connectivity index (χ3n) is 5.87. The standard InChI is InChI=1S/C27H20O6/c1-31-22-13-17(11-12-21(22)32-15-16-7-3-2-4-8-16)20-14-23(28)33-27-24(20)25(29)18-9-5-6-10-19(18)26(27)30/h2-13,20H,14-15H2,1H3. The van der Waals surface area contributed by atoms with Crippen LogP contribution >= 0.6 is 0 Å². The SMILES string of the molecule is COc1cc(C2CC(=O)OC3=C2C(=O)c2ccccc2C3=O)ccc1OCc1ccccc1. The Kier molecular flexibility index (Phi) is 5.26. The zero-order valence-electron chi connectivity index (χ0n) is 17.9. The summed E-state index contributed by atoms with van der Waals surface area (Å²) in [5.41, 5.74) is 2.45. The maximum atomic E-state index is 13.3. The fraction of sp³-hybridized carbons (Fsp3) is 0.148. The first-order chi connectivity index (χ1) is 16.1. The zero-order chi connectivity index (χ0) is 22.9. The van der Waals surface area contributed by atoms with Gasteiger partial charge in [0.25, 0.3) is 0 Å². The first-order valence-corrected chi connectivity index (χ1v) is 10.5. The summed E-state index contributed by atoms with van der Waals surface area (Å²) >= 11 is 0. The van der Waals surface area contributed by atoms with Crippen LogP contribution in [0.3, 0.4) is 0 Å². The average Bonchev–Trinajstić information content (AvgIpc) is 2.86. The molecule has 33 heavy (non-hydrogen) atoms. The predicted molar refractivity (Wildman–Crippen MR) is 119 cm³/mol. The number of methoxy groups -OCH3 is 1. The Bertz CT molecular complexity index is 1310. The van der Waals surface area contributed by atoms with E-state index in [1.54, 1.807) is 42.5 Å². The molecule has 1 atom stereocenters. The lowest BCUT2D eigenvalue weighted by molar-refractivity contribution is -0.140. The van der Waals surface area contributed by atoms with E-state index >= 15 is 0 Å². The molecule has 1 aliphatic carbocycles. The van der Waals surface area contributed by atoms with Crippen LogP contribution < -0.4 is 9.47 Å². The molecule has 3 aromatic rings. The fourth-order valence-corrected chi connectivity index (χ4v) is 4.25. The van der Waals surface area contributed by atoms with Gasteiger partial charge in [-0.2, -0.15) is 0 Å². The largest absolute Gasteiger partial charge is 0.493 e. The third-order valence-corrected chi connectivity index (χ3v) is 5.87. The van der Waals surface area contributed by atoms with Gasteiger partial charge in [0.2, 0.25) is 5.78 Å². The van der Waals surface area contributed by atoms with Gasteiger partial charge in [-0.1, -0.05) is 60.7 Å². The van der Waals surface area contributed by atoms with Crippen LogP contribution in [0, 0.1) is 0 Å². The van der Waals surface area contributed by atoms with Gasteiger partial charge in [-0.05, 0) is 23.3 Å². The highest BCUT2D eigenvalue weighted by molar-refractivity contribution is 6.27. The Hall–Kier alpha value is -4.19. The molecule has 0 spiro atoms. The molecule has 0 N–H and O–H groups in total. The number of hydrogen-bond acceptors (Lipinski definition) is 6. The van der Waals surface area contributed by atoms with Crippen molar-refractivity contribution >= 4 is 17.5 Å². The van der Waals surface area contributed by atoms with Crippen molar-refractivity contribution in [2.45, 2.75) is 18.9 Å². The minimum absolute atomic E-state index is 0.0482. The molecule has 1 heterocycles. The van der Waals surface area contributed by atoms with Crippen LogP contribution in [0.5, 0.6) is 11.5 Å². The lowest BCUT2D eigenvalue weighted by atomic mass is 9.77. The average molecular weight is 440 g/mol. The van der Waals surface area contributed by atoms with Crippen molar-refractivity contribution in [2.75, 3.05) is 7.11 Å². The molecule has 1 aliphatic heterocycles. The minimum Gasteiger partial charge on any atom is -0.493 e. The predicted octanol–water partition coefficient (Wildman–Crippen LogP) is 4.64. The summed E-state index contributed by atoms with van der Waals surface area (Å²) in [5, 5.41) is 0. The molecule has 0 aromatic heterocycles. The number of carbonyl (C=O) groups excluding carboxylic acids is 3. The van der Waals surface area contributed by atoms with E-state index in [2.05, 4.69) is 0 Å². The van der Waals surface area contributed by atoms with Gasteiger partial charge in [0.1, 0.15) is 6.61 Å². The first-order valence-electron chi connectivity index (χ1n) is 10.5. The van der Waals surface area contributed by atoms with Gasteiger partial charge in [-0.3, -0.25) is 14.4 Å². The number of ether oxygens (including phenoxy) is 3. The number of Topliss-reactive ketones (excluding diaryl/α,β-unsaturated/α-hetero) is 2. The summed E-state index contributed by atoms with van der Waals surface area (Å²) in [6.07, 6.45) is -0.0482. The highest BCUT2D eigenvalue weighted by atomic mass is 16.5. The first kappa shape index (κ1) is 20.7. The minimum atomic E-state index is -0.622. The van der Waals surface area contributed by atoms with Crippen molar-refractivity contribution in [1.29, 1.82) is 0 Å². The highest BCUT2D eigenvalue weighted by Gasteiger charge is 2.43. The van der Waals surface area contributed by atoms with Gasteiger partial charge in [0.05, 0.1) is 19.1 Å². The Balaban J connectivity index is 1.50. The van der Waals surface area contributed by atoms with Crippen LogP contribution in [0.25, 0.3) is 0 Å². The number of hydrogen-bond donors (Lipinski definition) is 0. The summed E-state index contributed by atoms with van der Waals surface area (Å²) in [6, 6.07) is 21.6. The van der Waals surface area contributed by atoms with E-state index in [1.165, 1.54) is 7.11 Å². The van der Waals surface area contributed by atoms with Crippen molar-refractivity contribution in [3.8, 4) is 11.5 Å². The van der Waals surface area contributed by atoms with Gasteiger partial charge < -0.3 is 14.2 Å². The zero-order valence-corrected chi connectivity index (χ0v) is 17.9. The second-order valence-corrected chi connectivity index (χ2v) is 7.86. The number of carbonyl (C=O) groups is 3. The monoisotopic (exact) mass is 440 g/mol. The molecule has 5 rings (SSSR count). The molecule has 0 radical (unpaired) electrons. The number of benzene rings is 3. The second kappa shape index (κ2) is 8.39. The van der Waals surface area contributed by atoms with Crippen molar-refractivity contribution < 1.29 is 28.6 Å². The molecule has 0 fully saturated rings. The summed E-state index contributed by atoms with van der Waals surface area (Å²) in [7, 11) is 1.53. The van der Waals surface area contributed by atoms with Gasteiger partial charge in [-0.25, -0.2) is 0 Å². The van der Waals surface area contributed by atoms with Crippen LogP contribution in [0.15, 0.2) is 84.1 Å². The molecule has 3 aromatic carbocycles. The van der Waals surface area contributed by atoms with Crippen LogP contribution in [0.1, 0.15) is 44.2 Å². The fourth-order valence-electron chi connectivity index (χ4n) is 4.25. The lowest BCUT2D eigenvalue weighted by Crippen LogP contribution is -2.32. The maximum Gasteiger partial charge on any atom is 0.312 e. The smallest absolute Gasteiger partial charge is 0.312 e. The van der Waals surface area contributed by atoms with Crippen LogP contribution in [0.2, 0.25) is 0 Å². The Labute approximate surface area is 190 Å². The normalized spacial score (nSPS) is 17.2. The lowest BCUT2D eigenvalue weighted by Gasteiger charge is -2.30. The van der Waals surface area contributed by atoms with Crippen molar-refractivity contribution in [3.05, 3.63) is 106 Å². The van der Waals surface area contributed by atoms with Crippen molar-refractivity contribution in [3.63, 3.8) is 0 Å². The number of allylic oxidation sites excluding steroid dienone is 2. The summed E-state index contributed by atoms with van der Waals surface area (Å²) < 4.78 is 16.7. The molecular formula is C27H20O6. The van der Waals surface area contributed by atoms with Crippen LogP contribution in [-0.2, 0) is 16.1 Å². The van der Waals surface area contributed by atoms with E-state index in [9.17, 15) is 14.4 Å². The molecule has 0 saturated carbocycles. The number of esters is 1. The molecule has 1 unspecified atom stereocenters. The van der Waals surface area contributed by atoms with Gasteiger partial charge in [0.15, 0.2) is 23.0 Å². The van der Waals surface area contributed by atoms with E-state index in [4.69, 9.17) is 14.2 Å². The molecule has 6 heteroatoms. The maximum absolute atomic E-state index is 13.3. The number of rotatable bonds is 5. The van der Waals surface area contributed by atoms with Gasteiger partial charge in [0, 0.05) is 17.0 Å². The van der Waals surface area contributed by atoms with Crippen LogP contribution in [-0.4, -0.2) is 24.6 Å². The molecular weight excluding hydrogens is 420 g/mol. The van der Waals surface area contributed by atoms with Crippen molar-refractivity contribution in [1.82, 2.24) is 0 Å².